The monoisotopic (exact) mass is 309 g/mol. The highest BCUT2D eigenvalue weighted by Crippen LogP contribution is 2.36. The maximum absolute atomic E-state index is 12.2. The number of hydrogen-bond donors (Lipinski definition) is 1. The Labute approximate surface area is 117 Å². The van der Waals surface area contributed by atoms with Crippen LogP contribution in [0.3, 0.4) is 0 Å². The minimum Gasteiger partial charge on any atom is -0.351 e. The molecule has 1 aliphatic carbocycles. The van der Waals surface area contributed by atoms with E-state index in [4.69, 9.17) is 0 Å². The van der Waals surface area contributed by atoms with Crippen molar-refractivity contribution in [2.24, 2.45) is 5.41 Å². The van der Waals surface area contributed by atoms with Crippen molar-refractivity contribution in [1.82, 2.24) is 5.32 Å². The van der Waals surface area contributed by atoms with Crippen molar-refractivity contribution >= 4 is 21.8 Å². The summed E-state index contributed by atoms with van der Waals surface area (Å²) in [5.74, 6) is 0.0434. The van der Waals surface area contributed by atoms with Crippen molar-refractivity contribution in [1.29, 1.82) is 0 Å². The van der Waals surface area contributed by atoms with Crippen molar-refractivity contribution in [2.75, 3.05) is 6.54 Å². The summed E-state index contributed by atoms with van der Waals surface area (Å²) in [5.41, 5.74) is 2.09. The molecule has 1 N–H and O–H groups in total. The fourth-order valence-corrected chi connectivity index (χ4v) is 2.99. The summed E-state index contributed by atoms with van der Waals surface area (Å²) in [6.45, 7) is 5.03. The van der Waals surface area contributed by atoms with Gasteiger partial charge in [-0.3, -0.25) is 4.79 Å². The lowest BCUT2D eigenvalue weighted by Crippen LogP contribution is -2.34. The van der Waals surface area contributed by atoms with Crippen LogP contribution in [0.5, 0.6) is 0 Å². The van der Waals surface area contributed by atoms with Gasteiger partial charge in [-0.1, -0.05) is 41.8 Å². The van der Waals surface area contributed by atoms with Gasteiger partial charge in [-0.15, -0.1) is 0 Å². The Morgan fingerprint density at radius 1 is 1.39 bits per heavy atom. The highest BCUT2D eigenvalue weighted by Gasteiger charge is 2.29. The normalized spacial score (nSPS) is 17.7. The Balaban J connectivity index is 2.01. The summed E-state index contributed by atoms with van der Waals surface area (Å²) in [7, 11) is 0. The van der Waals surface area contributed by atoms with Crippen LogP contribution >= 0.6 is 15.9 Å². The summed E-state index contributed by atoms with van der Waals surface area (Å²) < 4.78 is 0.949. The van der Waals surface area contributed by atoms with E-state index in [0.29, 0.717) is 5.41 Å². The van der Waals surface area contributed by atoms with Gasteiger partial charge in [0.1, 0.15) is 0 Å². The molecule has 0 spiro atoms. The van der Waals surface area contributed by atoms with Crippen molar-refractivity contribution in [3.05, 3.63) is 33.8 Å². The van der Waals surface area contributed by atoms with Gasteiger partial charge in [0.2, 0.25) is 0 Å². The van der Waals surface area contributed by atoms with Crippen LogP contribution in [-0.4, -0.2) is 12.5 Å². The van der Waals surface area contributed by atoms with Crippen LogP contribution in [-0.2, 0) is 0 Å². The second-order valence-electron chi connectivity index (χ2n) is 5.66. The fourth-order valence-electron chi connectivity index (χ4n) is 2.63. The van der Waals surface area contributed by atoms with Gasteiger partial charge in [-0.05, 0) is 42.9 Å². The topological polar surface area (TPSA) is 29.1 Å². The molecule has 0 heterocycles. The van der Waals surface area contributed by atoms with Gasteiger partial charge in [0.25, 0.3) is 5.91 Å². The first-order valence-corrected chi connectivity index (χ1v) is 7.34. The van der Waals surface area contributed by atoms with E-state index in [1.165, 1.54) is 25.7 Å². The molecule has 0 radical (unpaired) electrons. The number of benzene rings is 1. The highest BCUT2D eigenvalue weighted by atomic mass is 79.9. The average Bonchev–Trinajstić information content (AvgIpc) is 2.77. The van der Waals surface area contributed by atoms with Gasteiger partial charge in [-0.2, -0.15) is 0 Å². The zero-order valence-electron chi connectivity index (χ0n) is 11.1. The number of hydrogen-bond acceptors (Lipinski definition) is 1. The minimum atomic E-state index is 0.0434. The maximum atomic E-state index is 12.2. The van der Waals surface area contributed by atoms with Gasteiger partial charge < -0.3 is 5.32 Å². The van der Waals surface area contributed by atoms with E-state index >= 15 is 0 Å². The van der Waals surface area contributed by atoms with Crippen LogP contribution in [0.4, 0.5) is 0 Å². The predicted molar refractivity (Wildman–Crippen MR) is 77.8 cm³/mol. The first-order chi connectivity index (χ1) is 8.50. The van der Waals surface area contributed by atoms with E-state index in [1.807, 2.05) is 25.1 Å². The van der Waals surface area contributed by atoms with Gasteiger partial charge in [0.15, 0.2) is 0 Å². The lowest BCUT2D eigenvalue weighted by molar-refractivity contribution is 0.0933. The van der Waals surface area contributed by atoms with E-state index in [0.717, 1.165) is 22.1 Å². The molecule has 3 heteroatoms. The summed E-state index contributed by atoms with van der Waals surface area (Å²) in [5, 5.41) is 3.09. The number of aryl methyl sites for hydroxylation is 1. The second kappa shape index (κ2) is 5.43. The van der Waals surface area contributed by atoms with E-state index < -0.39 is 0 Å². The Kier molecular flexibility index (Phi) is 4.10. The maximum Gasteiger partial charge on any atom is 0.251 e. The molecule has 2 nitrogen and oxygen atoms in total. The molecule has 1 aliphatic rings. The fraction of sp³-hybridized carbons (Fsp3) is 0.533. The zero-order valence-corrected chi connectivity index (χ0v) is 12.6. The zero-order chi connectivity index (χ0) is 13.2. The molecule has 1 aromatic rings. The first-order valence-electron chi connectivity index (χ1n) is 6.55. The quantitative estimate of drug-likeness (QED) is 0.896. The van der Waals surface area contributed by atoms with Crippen LogP contribution < -0.4 is 5.32 Å². The van der Waals surface area contributed by atoms with Gasteiger partial charge in [0.05, 0.1) is 0 Å². The van der Waals surface area contributed by atoms with Gasteiger partial charge in [0, 0.05) is 16.6 Å². The Morgan fingerprint density at radius 3 is 2.72 bits per heavy atom. The standard InChI is InChI=1S/C15H20BrNO/c1-11-5-6-12(16)9-13(11)14(18)17-10-15(2)7-3-4-8-15/h5-6,9H,3-4,7-8,10H2,1-2H3,(H,17,18). The second-order valence-corrected chi connectivity index (χ2v) is 6.58. The number of halogens is 1. The van der Waals surface area contributed by atoms with Crippen LogP contribution in [0.2, 0.25) is 0 Å². The summed E-state index contributed by atoms with van der Waals surface area (Å²) in [4.78, 5) is 12.2. The molecule has 98 valence electrons. The molecule has 2 rings (SSSR count). The first kappa shape index (κ1) is 13.6. The van der Waals surface area contributed by atoms with Crippen molar-refractivity contribution in [3.8, 4) is 0 Å². The SMILES string of the molecule is Cc1ccc(Br)cc1C(=O)NCC1(C)CCCC1. The van der Waals surface area contributed by atoms with Crippen molar-refractivity contribution in [2.45, 2.75) is 39.5 Å². The predicted octanol–water partition coefficient (Wildman–Crippen LogP) is 4.07. The smallest absolute Gasteiger partial charge is 0.251 e. The number of carbonyl (C=O) groups excluding carboxylic acids is 1. The molecule has 1 aromatic carbocycles. The lowest BCUT2D eigenvalue weighted by atomic mass is 9.89. The summed E-state index contributed by atoms with van der Waals surface area (Å²) in [6.07, 6.45) is 5.04. The van der Waals surface area contributed by atoms with Crippen molar-refractivity contribution in [3.63, 3.8) is 0 Å². The molecule has 0 atom stereocenters. The molecular formula is C15H20BrNO. The van der Waals surface area contributed by atoms with Crippen LogP contribution in [0.1, 0.15) is 48.5 Å². The van der Waals surface area contributed by atoms with Gasteiger partial charge in [-0.25, -0.2) is 0 Å². The largest absolute Gasteiger partial charge is 0.351 e. The Morgan fingerprint density at radius 2 is 2.06 bits per heavy atom. The molecule has 0 bridgehead atoms. The molecule has 1 amide bonds. The van der Waals surface area contributed by atoms with Crippen LogP contribution in [0.15, 0.2) is 22.7 Å². The van der Waals surface area contributed by atoms with E-state index in [9.17, 15) is 4.79 Å². The highest BCUT2D eigenvalue weighted by molar-refractivity contribution is 9.10. The molecule has 0 unspecified atom stereocenters. The lowest BCUT2D eigenvalue weighted by Gasteiger charge is -2.23. The molecular weight excluding hydrogens is 290 g/mol. The third-order valence-electron chi connectivity index (χ3n) is 3.93. The molecule has 1 fully saturated rings. The number of amides is 1. The van der Waals surface area contributed by atoms with Gasteiger partial charge >= 0.3 is 0 Å². The Hall–Kier alpha value is -0.830. The van der Waals surface area contributed by atoms with Crippen molar-refractivity contribution < 1.29 is 4.79 Å². The number of carbonyl (C=O) groups is 1. The Bertz CT molecular complexity index is 450. The molecule has 18 heavy (non-hydrogen) atoms. The molecule has 1 saturated carbocycles. The number of nitrogens with one attached hydrogen (secondary N) is 1. The average molecular weight is 310 g/mol. The minimum absolute atomic E-state index is 0.0434. The summed E-state index contributed by atoms with van der Waals surface area (Å²) >= 11 is 3.41. The van der Waals surface area contributed by atoms with E-state index in [2.05, 4.69) is 28.2 Å². The third-order valence-corrected chi connectivity index (χ3v) is 4.42. The van der Waals surface area contributed by atoms with Crippen LogP contribution in [0.25, 0.3) is 0 Å². The number of rotatable bonds is 3. The van der Waals surface area contributed by atoms with Crippen LogP contribution in [0, 0.1) is 12.3 Å². The molecule has 0 aromatic heterocycles. The third kappa shape index (κ3) is 3.14. The van der Waals surface area contributed by atoms with E-state index in [1.54, 1.807) is 0 Å². The molecule has 0 aliphatic heterocycles. The summed E-state index contributed by atoms with van der Waals surface area (Å²) in [6, 6.07) is 5.82. The van der Waals surface area contributed by atoms with E-state index in [-0.39, 0.29) is 5.91 Å². The molecule has 0 saturated heterocycles.